The van der Waals surface area contributed by atoms with Gasteiger partial charge in [-0.25, -0.2) is 0 Å². The van der Waals surface area contributed by atoms with Crippen molar-refractivity contribution < 1.29 is 0 Å². The molecule has 0 aromatic rings. The van der Waals surface area contributed by atoms with Crippen molar-refractivity contribution in [2.45, 2.75) is 52.2 Å². The van der Waals surface area contributed by atoms with Crippen molar-refractivity contribution in [3.8, 4) is 0 Å². The molecule has 0 nitrogen and oxygen atoms in total. The molecule has 0 bridgehead atoms. The zero-order valence-corrected chi connectivity index (χ0v) is 10.9. The van der Waals surface area contributed by atoms with Crippen molar-refractivity contribution in [2.24, 2.45) is 0 Å². The van der Waals surface area contributed by atoms with Gasteiger partial charge >= 0.3 is 0 Å². The van der Waals surface area contributed by atoms with Crippen molar-refractivity contribution in [1.29, 1.82) is 0 Å². The molecule has 0 aliphatic carbocycles. The van der Waals surface area contributed by atoms with E-state index < -0.39 is 0 Å². The number of unbranched alkanes of at least 4 members (excludes halogenated alkanes) is 2. The molecule has 0 rings (SSSR count). The van der Waals surface area contributed by atoms with Crippen molar-refractivity contribution in [3.63, 3.8) is 0 Å². The molecule has 0 unspecified atom stereocenters. The second-order valence-electron chi connectivity index (χ2n) is 2.57. The second-order valence-corrected chi connectivity index (χ2v) is 2.57. The summed E-state index contributed by atoms with van der Waals surface area (Å²) in [6.07, 6.45) is 8.11. The number of rotatable bonds is 6. The van der Waals surface area contributed by atoms with Crippen LogP contribution in [0.4, 0.5) is 0 Å². The van der Waals surface area contributed by atoms with Gasteiger partial charge in [-0.05, 0) is 0 Å². The van der Waals surface area contributed by atoms with Crippen LogP contribution in [0.5, 0.6) is 0 Å². The molecule has 0 saturated carbocycles. The largest absolute Gasteiger partial charge is 0.109 e. The van der Waals surface area contributed by atoms with Gasteiger partial charge in [0.1, 0.15) is 7.28 Å². The summed E-state index contributed by atoms with van der Waals surface area (Å²) in [6.45, 7) is 4.48. The van der Waals surface area contributed by atoms with Gasteiger partial charge in [-0.1, -0.05) is 52.2 Å². The first-order valence-electron chi connectivity index (χ1n) is 4.23. The van der Waals surface area contributed by atoms with Gasteiger partial charge in [0.25, 0.3) is 0 Å². The molecule has 0 saturated heterocycles. The van der Waals surface area contributed by atoms with Crippen LogP contribution in [0.3, 0.4) is 0 Å². The molecule has 0 aliphatic rings. The Balaban J connectivity index is 0. The molecular formula is C8H18BK. The molecule has 2 radical (unpaired) electrons. The zero-order valence-electron chi connectivity index (χ0n) is 7.82. The maximum absolute atomic E-state index is 2.41. The molecule has 10 heavy (non-hydrogen) atoms. The molecule has 0 heterocycles. The number of hydrogen-bond donors (Lipinski definition) is 0. The van der Waals surface area contributed by atoms with E-state index in [0.717, 1.165) is 0 Å². The number of hydrogen-bond acceptors (Lipinski definition) is 0. The van der Waals surface area contributed by atoms with E-state index in [-0.39, 0.29) is 51.4 Å². The molecule has 0 fully saturated rings. The van der Waals surface area contributed by atoms with Crippen LogP contribution in [0.15, 0.2) is 0 Å². The summed E-state index contributed by atoms with van der Waals surface area (Å²) in [6, 6.07) is 0. The Kier molecular flexibility index (Phi) is 18.9. The van der Waals surface area contributed by atoms with Crippen LogP contribution in [-0.4, -0.2) is 58.7 Å². The van der Waals surface area contributed by atoms with Crippen LogP contribution in [0.1, 0.15) is 39.5 Å². The Morgan fingerprint density at radius 3 is 2.10 bits per heavy atom. The van der Waals surface area contributed by atoms with Gasteiger partial charge in [-0.2, -0.15) is 0 Å². The summed E-state index contributed by atoms with van der Waals surface area (Å²) in [5.41, 5.74) is 0. The second kappa shape index (κ2) is 13.3. The third-order valence-corrected chi connectivity index (χ3v) is 1.50. The van der Waals surface area contributed by atoms with E-state index in [4.69, 9.17) is 0 Å². The van der Waals surface area contributed by atoms with Gasteiger partial charge in [0.2, 0.25) is 0 Å². The average Bonchev–Trinajstić information content (AvgIpc) is 1.89. The smallest absolute Gasteiger partial charge is 0.0806 e. The van der Waals surface area contributed by atoms with Crippen LogP contribution >= 0.6 is 0 Å². The Bertz CT molecular complexity index is 42.5. The monoisotopic (exact) mass is 164 g/mol. The van der Waals surface area contributed by atoms with Crippen molar-refractivity contribution in [2.75, 3.05) is 0 Å². The fourth-order valence-corrected chi connectivity index (χ4v) is 0.887. The van der Waals surface area contributed by atoms with Crippen LogP contribution in [0.25, 0.3) is 0 Å². The van der Waals surface area contributed by atoms with Crippen LogP contribution in [0.2, 0.25) is 12.6 Å². The van der Waals surface area contributed by atoms with Gasteiger partial charge in [0.15, 0.2) is 0 Å². The first kappa shape index (κ1) is 14.2. The van der Waals surface area contributed by atoms with Gasteiger partial charge in [0.05, 0.1) is 0 Å². The quantitative estimate of drug-likeness (QED) is 0.418. The third kappa shape index (κ3) is 12.4. The first-order valence-corrected chi connectivity index (χ1v) is 4.23. The Labute approximate surface area is 109 Å². The van der Waals surface area contributed by atoms with E-state index in [1.54, 1.807) is 0 Å². The summed E-state index contributed by atoms with van der Waals surface area (Å²) in [5.74, 6) is 0. The fraction of sp³-hybridized carbons (Fsp3) is 1.00. The van der Waals surface area contributed by atoms with E-state index >= 15 is 0 Å². The Morgan fingerprint density at radius 1 is 0.900 bits per heavy atom. The topological polar surface area (TPSA) is 0 Å². The van der Waals surface area contributed by atoms with E-state index in [0.29, 0.717) is 0 Å². The minimum atomic E-state index is 0. The fourth-order valence-electron chi connectivity index (χ4n) is 0.887. The van der Waals surface area contributed by atoms with Gasteiger partial charge in [-0.3, -0.25) is 0 Å². The summed E-state index contributed by atoms with van der Waals surface area (Å²) < 4.78 is 0. The van der Waals surface area contributed by atoms with Gasteiger partial charge in [0, 0.05) is 51.4 Å². The van der Waals surface area contributed by atoms with E-state index in [2.05, 4.69) is 21.1 Å². The van der Waals surface area contributed by atoms with Crippen molar-refractivity contribution in [1.82, 2.24) is 0 Å². The molecule has 0 atom stereocenters. The normalized spacial score (nSPS) is 8.60. The van der Waals surface area contributed by atoms with E-state index in [1.165, 1.54) is 38.3 Å². The summed E-state index contributed by atoms with van der Waals surface area (Å²) >= 11 is 0. The van der Waals surface area contributed by atoms with Gasteiger partial charge < -0.3 is 0 Å². The predicted molar refractivity (Wildman–Crippen MR) is 50.9 cm³/mol. The van der Waals surface area contributed by atoms with Crippen LogP contribution < -0.4 is 0 Å². The minimum absolute atomic E-state index is 0. The molecule has 54 valence electrons. The van der Waals surface area contributed by atoms with Crippen LogP contribution in [-0.2, 0) is 0 Å². The molecule has 0 spiro atoms. The molecule has 2 heteroatoms. The predicted octanol–water partition coefficient (Wildman–Crippen LogP) is 2.75. The Hall–Kier alpha value is 1.70. The molecule has 0 aliphatic heterocycles. The van der Waals surface area contributed by atoms with Gasteiger partial charge in [-0.15, -0.1) is 0 Å². The molecule has 0 aromatic heterocycles. The standard InChI is InChI=1S/C8H18B.K/c1-3-5-6-8-9-7-4-2;/h3-8H2,1-2H3;. The van der Waals surface area contributed by atoms with Crippen LogP contribution in [0, 0.1) is 0 Å². The van der Waals surface area contributed by atoms with Crippen molar-refractivity contribution >= 4 is 58.7 Å². The molecular weight excluding hydrogens is 146 g/mol. The maximum atomic E-state index is 2.41. The SMILES string of the molecule is CCC[B]CCCCC.[K]. The zero-order chi connectivity index (χ0) is 6.95. The third-order valence-electron chi connectivity index (χ3n) is 1.50. The minimum Gasteiger partial charge on any atom is -0.0806 e. The summed E-state index contributed by atoms with van der Waals surface area (Å²) in [5, 5.41) is 0. The average molecular weight is 164 g/mol. The maximum Gasteiger partial charge on any atom is 0.109 e. The van der Waals surface area contributed by atoms with E-state index in [9.17, 15) is 0 Å². The van der Waals surface area contributed by atoms with E-state index in [1.807, 2.05) is 0 Å². The summed E-state index contributed by atoms with van der Waals surface area (Å²) in [7, 11) is 2.41. The first-order chi connectivity index (χ1) is 4.41. The molecule has 0 aromatic carbocycles. The summed E-state index contributed by atoms with van der Waals surface area (Å²) in [4.78, 5) is 0. The van der Waals surface area contributed by atoms with Crippen molar-refractivity contribution in [3.05, 3.63) is 0 Å². The molecule has 0 amide bonds. The Morgan fingerprint density at radius 2 is 1.60 bits per heavy atom. The molecule has 0 N–H and O–H groups in total.